The normalized spacial score (nSPS) is 5.75. The Labute approximate surface area is 27.4 Å². The first-order chi connectivity index (χ1) is 2.41. The number of halogens is 1. The van der Waals surface area contributed by atoms with Crippen LogP contribution in [0, 0.1) is 0 Å². The van der Waals surface area contributed by atoms with Crippen molar-refractivity contribution in [1.29, 1.82) is 0 Å². The molecule has 0 atom stereocenters. The van der Waals surface area contributed by atoms with Gasteiger partial charge in [0.05, 0.1) is 8.52 Å². The minimum Gasteiger partial charge on any atom is -0.255 e. The van der Waals surface area contributed by atoms with Gasteiger partial charge in [-0.05, 0) is 0 Å². The summed E-state index contributed by atoms with van der Waals surface area (Å²) in [6.07, 6.45) is 0. The van der Waals surface area contributed by atoms with Gasteiger partial charge in [0.2, 0.25) is 0 Å². The molecule has 0 saturated carbocycles. The average Bonchev–Trinajstić information content (AvgIpc) is 1.46. The molecule has 0 fully saturated rings. The number of hydrogen-bond donors (Lipinski definition) is 0. The lowest BCUT2D eigenvalue weighted by atomic mass is 11.3. The highest BCUT2D eigenvalue weighted by atomic mass is 19.1. The first kappa shape index (κ1) is 3.67. The molecule has 0 unspecified atom stereocenters. The molecule has 1 heteroatoms. The smallest absolute Gasteiger partial charge is 0.0785 e. The zero-order chi connectivity index (χ0) is 4.71. The van der Waals surface area contributed by atoms with Gasteiger partial charge in [-0.15, -0.1) is 13.2 Å². The Morgan fingerprint density at radius 3 is 2.00 bits per heavy atom. The van der Waals surface area contributed by atoms with Crippen LogP contribution in [0.2, 0.25) is 0 Å². The predicted octanol–water partition coefficient (Wildman–Crippen LogP) is 1.39. The summed E-state index contributed by atoms with van der Waals surface area (Å²) in [5.41, 5.74) is 0. The Morgan fingerprint density at radius 1 is 2.00 bits per heavy atom. The third kappa shape index (κ3) is 6.88. The van der Waals surface area contributed by atoms with Crippen LogP contribution in [0.15, 0.2) is 13.2 Å². The Hall–Kier alpha value is -0.330. The van der Waals surface area contributed by atoms with Crippen molar-refractivity contribution in [1.82, 2.24) is 0 Å². The quantitative estimate of drug-likeness (QED) is 0.373. The fourth-order valence-electron chi connectivity index (χ4n) is 0. The summed E-state index contributed by atoms with van der Waals surface area (Å²) in [5, 5.41) is 0. The van der Waals surface area contributed by atoms with Gasteiger partial charge in [0, 0.05) is 0 Å². The van der Waals surface area contributed by atoms with E-state index in [0.29, 0.717) is 0 Å². The molecule has 0 aliphatic carbocycles. The molecule has 0 rings (SSSR count). The summed E-state index contributed by atoms with van der Waals surface area (Å²) in [5.74, 6) is 0. The summed E-state index contributed by atoms with van der Waals surface area (Å²) in [4.78, 5) is 0. The topological polar surface area (TPSA) is 0 Å². The molecule has 0 aliphatic heterocycles. The number of hydrogen-bond acceptors (Lipinski definition) is 0. The average molecular weight is 63.1 g/mol. The van der Waals surface area contributed by atoms with Gasteiger partial charge in [-0.3, -0.25) is 4.39 Å². The van der Waals surface area contributed by atoms with Crippen LogP contribution < -0.4 is 0 Å². The Bertz CT molecular complexity index is 10.9. The van der Waals surface area contributed by atoms with Gasteiger partial charge in [0.15, 0.2) is 0 Å². The molecule has 0 aromatic carbocycles. The summed E-state index contributed by atoms with van der Waals surface area (Å²) >= 11 is 0. The van der Waals surface area contributed by atoms with Crippen LogP contribution in [-0.2, 0) is 0 Å². The second kappa shape index (κ2) is 68.4. The molecule has 0 heterocycles. The molecule has 0 aliphatic rings. The maximum Gasteiger partial charge on any atom is 0.0785 e. The van der Waals surface area contributed by atoms with Crippen LogP contribution in [0.5, 0.6) is 0 Å². The van der Waals surface area contributed by atoms with Crippen molar-refractivity contribution in [2.45, 2.75) is 0 Å². The van der Waals surface area contributed by atoms with E-state index in [1.807, 2.05) is 0 Å². The SMILES string of the molecule is C=C.[2H]CF. The van der Waals surface area contributed by atoms with Crippen LogP contribution in [0.1, 0.15) is 1.37 Å². The molecule has 26 valence electrons. The standard InChI is InChI=1S/C2H4.CH3F/c2*1-2/h1-2H2;1H3/i;1D. The van der Waals surface area contributed by atoms with Crippen molar-refractivity contribution < 1.29 is 5.76 Å². The third-order valence-corrected chi connectivity index (χ3v) is 0. The van der Waals surface area contributed by atoms with E-state index in [9.17, 15) is 4.39 Å². The van der Waals surface area contributed by atoms with Crippen molar-refractivity contribution in [2.24, 2.45) is 0 Å². The molecule has 0 bridgehead atoms. The van der Waals surface area contributed by atoms with E-state index in [1.54, 1.807) is 0 Å². The van der Waals surface area contributed by atoms with Crippen LogP contribution in [0.3, 0.4) is 0 Å². The highest BCUT2D eigenvalue weighted by Gasteiger charge is 0.926. The van der Waals surface area contributed by atoms with E-state index >= 15 is 0 Å². The zero-order valence-corrected chi connectivity index (χ0v) is 2.50. The zero-order valence-electron chi connectivity index (χ0n) is 3.50. The second-order valence-electron chi connectivity index (χ2n) is 0. The van der Waals surface area contributed by atoms with Crippen LogP contribution in [-0.4, -0.2) is 7.15 Å². The van der Waals surface area contributed by atoms with E-state index in [0.717, 1.165) is 0 Å². The Morgan fingerprint density at radius 2 is 2.00 bits per heavy atom. The molecule has 0 aromatic heterocycles. The van der Waals surface area contributed by atoms with Gasteiger partial charge in [-0.25, -0.2) is 0 Å². The third-order valence-electron chi connectivity index (χ3n) is 0. The lowest BCUT2D eigenvalue weighted by Crippen LogP contribution is -0.939. The fraction of sp³-hybridized carbons (Fsp3) is 0.333. The highest BCUT2D eigenvalue weighted by Crippen LogP contribution is 1.16. The molecule has 4 heavy (non-hydrogen) atoms. The molecule has 0 nitrogen and oxygen atoms in total. The monoisotopic (exact) mass is 63.1 g/mol. The van der Waals surface area contributed by atoms with Crippen molar-refractivity contribution >= 4 is 0 Å². The van der Waals surface area contributed by atoms with Crippen LogP contribution >= 0.6 is 0 Å². The minimum atomic E-state index is -1.00. The predicted molar refractivity (Wildman–Crippen MR) is 18.3 cm³/mol. The summed E-state index contributed by atoms with van der Waals surface area (Å²) in [6, 6.07) is 0. The Balaban J connectivity index is 0. The molecule has 0 spiro atoms. The van der Waals surface area contributed by atoms with Gasteiger partial charge in [0.1, 0.15) is 0 Å². The van der Waals surface area contributed by atoms with E-state index in [2.05, 4.69) is 13.2 Å². The highest BCUT2D eigenvalue weighted by molar-refractivity contribution is 4.22. The molecule has 0 radical (unpaired) electrons. The number of rotatable bonds is 0. The summed E-state index contributed by atoms with van der Waals surface area (Å²) in [6.45, 7) is 6.00. The molecule has 0 aromatic rings. The van der Waals surface area contributed by atoms with Gasteiger partial charge < -0.3 is 0 Å². The second-order valence-corrected chi connectivity index (χ2v) is 0. The van der Waals surface area contributed by atoms with E-state index in [-0.39, 0.29) is 0 Å². The van der Waals surface area contributed by atoms with Crippen LogP contribution in [0.4, 0.5) is 4.39 Å². The van der Waals surface area contributed by atoms with Gasteiger partial charge in [0.25, 0.3) is 0 Å². The molecular formula is C3H7F. The van der Waals surface area contributed by atoms with E-state index < -0.39 is 7.15 Å². The van der Waals surface area contributed by atoms with E-state index in [4.69, 9.17) is 1.37 Å². The van der Waals surface area contributed by atoms with Gasteiger partial charge in [-0.2, -0.15) is 0 Å². The molecule has 0 amide bonds. The van der Waals surface area contributed by atoms with Crippen molar-refractivity contribution in [3.05, 3.63) is 13.2 Å². The molecule has 0 saturated heterocycles. The van der Waals surface area contributed by atoms with Gasteiger partial charge >= 0.3 is 0 Å². The van der Waals surface area contributed by atoms with Crippen molar-refractivity contribution in [3.63, 3.8) is 0 Å². The maximum absolute atomic E-state index is 9.96. The maximum atomic E-state index is 9.96. The minimum absolute atomic E-state index is 1.00. The van der Waals surface area contributed by atoms with Crippen molar-refractivity contribution in [2.75, 3.05) is 7.15 Å². The lowest BCUT2D eigenvalue weighted by molar-refractivity contribution is 0.636. The number of alkyl halides is 1. The van der Waals surface area contributed by atoms with E-state index in [1.165, 1.54) is 0 Å². The summed E-state index contributed by atoms with van der Waals surface area (Å²) < 4.78 is 15.5. The fourth-order valence-corrected chi connectivity index (χ4v) is 0. The lowest BCUT2D eigenvalue weighted by Gasteiger charge is -1.10. The van der Waals surface area contributed by atoms with Crippen LogP contribution in [0.25, 0.3) is 0 Å². The first-order valence-electron chi connectivity index (χ1n) is 1.47. The molecule has 0 N–H and O–H groups in total. The van der Waals surface area contributed by atoms with Gasteiger partial charge in [-0.1, -0.05) is 0 Å². The van der Waals surface area contributed by atoms with Crippen molar-refractivity contribution in [3.8, 4) is 0 Å². The summed E-state index contributed by atoms with van der Waals surface area (Å²) in [7, 11) is -1.00. The Kier molecular flexibility index (Phi) is 62.7. The first-order valence-corrected chi connectivity index (χ1v) is 0.767. The molecular weight excluding hydrogens is 55.0 g/mol. The largest absolute Gasteiger partial charge is 0.255 e.